The quantitative estimate of drug-likeness (QED) is 0.759. The molecule has 116 valence electrons. The molecule has 1 N–H and O–H groups in total. The predicted octanol–water partition coefficient (Wildman–Crippen LogP) is 3.41. The molecule has 2 aromatic carbocycles. The van der Waals surface area contributed by atoms with Crippen molar-refractivity contribution in [3.05, 3.63) is 71.8 Å². The summed E-state index contributed by atoms with van der Waals surface area (Å²) in [5.41, 5.74) is 0.553. The Morgan fingerprint density at radius 1 is 1.00 bits per heavy atom. The number of benzene rings is 2. The Balaban J connectivity index is 2.49. The van der Waals surface area contributed by atoms with Crippen molar-refractivity contribution in [2.24, 2.45) is 0 Å². The van der Waals surface area contributed by atoms with Crippen LogP contribution in [0, 0.1) is 0 Å². The lowest BCUT2D eigenvalue weighted by atomic mass is 9.85. The first-order chi connectivity index (χ1) is 10.7. The monoisotopic (exact) mass is 297 g/mol. The largest absolute Gasteiger partial charge is 0.361 e. The fraction of sp³-hybridized carbons (Fsp3) is 0.316. The second-order valence-electron chi connectivity index (χ2n) is 5.10. The van der Waals surface area contributed by atoms with Crippen LogP contribution in [-0.2, 0) is 10.3 Å². The number of likely N-dealkylation sites (N-methyl/N-ethyl adjacent to an activating group) is 1. The van der Waals surface area contributed by atoms with E-state index in [9.17, 15) is 4.79 Å². The van der Waals surface area contributed by atoms with Crippen molar-refractivity contribution >= 4 is 5.78 Å². The smallest absolute Gasteiger partial charge is 0.200 e. The van der Waals surface area contributed by atoms with Crippen LogP contribution < -0.4 is 5.32 Å². The van der Waals surface area contributed by atoms with Gasteiger partial charge in [0.1, 0.15) is 0 Å². The van der Waals surface area contributed by atoms with Crippen LogP contribution in [0.1, 0.15) is 29.8 Å². The number of ether oxygens (including phenoxy) is 1. The van der Waals surface area contributed by atoms with Gasteiger partial charge in [-0.15, -0.1) is 0 Å². The van der Waals surface area contributed by atoms with E-state index in [4.69, 9.17) is 4.74 Å². The SMILES string of the molecule is CCNCC(OCC)(C(=O)c1ccccc1)c1ccccc1. The lowest BCUT2D eigenvalue weighted by molar-refractivity contribution is -0.0231. The predicted molar refractivity (Wildman–Crippen MR) is 89.1 cm³/mol. The summed E-state index contributed by atoms with van der Waals surface area (Å²) in [7, 11) is 0. The second-order valence-corrected chi connectivity index (χ2v) is 5.10. The van der Waals surface area contributed by atoms with Crippen LogP contribution in [0.5, 0.6) is 0 Å². The zero-order valence-electron chi connectivity index (χ0n) is 13.2. The fourth-order valence-electron chi connectivity index (χ4n) is 2.59. The normalized spacial score (nSPS) is 13.5. The fourth-order valence-corrected chi connectivity index (χ4v) is 2.59. The van der Waals surface area contributed by atoms with Crippen LogP contribution in [0.4, 0.5) is 0 Å². The van der Waals surface area contributed by atoms with E-state index in [-0.39, 0.29) is 5.78 Å². The molecule has 0 heterocycles. The third-order valence-corrected chi connectivity index (χ3v) is 3.66. The zero-order chi connectivity index (χ0) is 15.8. The third-order valence-electron chi connectivity index (χ3n) is 3.66. The molecule has 0 fully saturated rings. The highest BCUT2D eigenvalue weighted by Crippen LogP contribution is 2.30. The number of nitrogens with one attached hydrogen (secondary N) is 1. The first kappa shape index (κ1) is 16.4. The standard InChI is InChI=1S/C19H23NO2/c1-3-20-15-19(22-4-2,17-13-9-6-10-14-17)18(21)16-11-7-5-8-12-16/h5-14,20H,3-4,15H2,1-2H3. The second kappa shape index (κ2) is 7.87. The molecular weight excluding hydrogens is 274 g/mol. The summed E-state index contributed by atoms with van der Waals surface area (Å²) in [6.07, 6.45) is 0. The minimum Gasteiger partial charge on any atom is -0.361 e. The van der Waals surface area contributed by atoms with Gasteiger partial charge in [-0.25, -0.2) is 0 Å². The van der Waals surface area contributed by atoms with Crippen LogP contribution in [0.25, 0.3) is 0 Å². The summed E-state index contributed by atoms with van der Waals surface area (Å²) in [5.74, 6) is -0.0119. The molecule has 3 heteroatoms. The number of carbonyl (C=O) groups is 1. The summed E-state index contributed by atoms with van der Waals surface area (Å²) in [6.45, 7) is 5.65. The first-order valence-electron chi connectivity index (χ1n) is 7.74. The Bertz CT molecular complexity index is 583. The molecule has 2 aromatic rings. The molecule has 0 amide bonds. The van der Waals surface area contributed by atoms with Crippen LogP contribution in [-0.4, -0.2) is 25.5 Å². The van der Waals surface area contributed by atoms with Gasteiger partial charge in [-0.3, -0.25) is 4.79 Å². The van der Waals surface area contributed by atoms with Gasteiger partial charge in [0.05, 0.1) is 0 Å². The molecule has 3 nitrogen and oxygen atoms in total. The summed E-state index contributed by atoms with van der Waals surface area (Å²) in [4.78, 5) is 13.2. The molecule has 2 rings (SSSR count). The van der Waals surface area contributed by atoms with E-state index in [0.717, 1.165) is 12.1 Å². The van der Waals surface area contributed by atoms with Crippen molar-refractivity contribution in [2.45, 2.75) is 19.4 Å². The van der Waals surface area contributed by atoms with Gasteiger partial charge in [-0.1, -0.05) is 67.6 Å². The van der Waals surface area contributed by atoms with Crippen molar-refractivity contribution in [2.75, 3.05) is 19.7 Å². The molecular formula is C19H23NO2. The maximum atomic E-state index is 13.2. The van der Waals surface area contributed by atoms with Gasteiger partial charge in [0.15, 0.2) is 5.60 Å². The Kier molecular flexibility index (Phi) is 5.87. The maximum absolute atomic E-state index is 13.2. The number of Topliss-reactive ketones (excluding diaryl/α,β-unsaturated/α-hetero) is 1. The van der Waals surface area contributed by atoms with Gasteiger partial charge in [0, 0.05) is 18.7 Å². The molecule has 1 unspecified atom stereocenters. The summed E-state index contributed by atoms with van der Waals surface area (Å²) >= 11 is 0. The van der Waals surface area contributed by atoms with Crippen molar-refractivity contribution < 1.29 is 9.53 Å². The van der Waals surface area contributed by atoms with Crippen molar-refractivity contribution in [3.63, 3.8) is 0 Å². The van der Waals surface area contributed by atoms with Crippen LogP contribution in [0.3, 0.4) is 0 Å². The van der Waals surface area contributed by atoms with Crippen molar-refractivity contribution in [3.8, 4) is 0 Å². The van der Waals surface area contributed by atoms with Crippen molar-refractivity contribution in [1.29, 1.82) is 0 Å². The lowest BCUT2D eigenvalue weighted by Gasteiger charge is -2.33. The molecule has 22 heavy (non-hydrogen) atoms. The molecule has 0 saturated heterocycles. The molecule has 0 aliphatic carbocycles. The van der Waals surface area contributed by atoms with E-state index in [0.29, 0.717) is 18.7 Å². The van der Waals surface area contributed by atoms with E-state index in [1.54, 1.807) is 0 Å². The number of ketones is 1. The Hall–Kier alpha value is -1.97. The third kappa shape index (κ3) is 3.43. The Labute approximate surface area is 132 Å². The van der Waals surface area contributed by atoms with E-state index in [1.807, 2.05) is 74.5 Å². The topological polar surface area (TPSA) is 38.3 Å². The molecule has 0 spiro atoms. The maximum Gasteiger partial charge on any atom is 0.200 e. The van der Waals surface area contributed by atoms with E-state index < -0.39 is 5.60 Å². The Morgan fingerprint density at radius 2 is 1.59 bits per heavy atom. The minimum atomic E-state index is -0.993. The van der Waals surface area contributed by atoms with Gasteiger partial charge in [0.2, 0.25) is 5.78 Å². The number of rotatable bonds is 8. The van der Waals surface area contributed by atoms with Gasteiger partial charge < -0.3 is 10.1 Å². The molecule has 0 aliphatic rings. The Morgan fingerprint density at radius 3 is 2.14 bits per heavy atom. The summed E-state index contributed by atoms with van der Waals surface area (Å²) < 4.78 is 6.02. The number of hydrogen-bond acceptors (Lipinski definition) is 3. The van der Waals surface area contributed by atoms with Gasteiger partial charge >= 0.3 is 0 Å². The average Bonchev–Trinajstić information content (AvgIpc) is 2.59. The molecule has 0 radical (unpaired) electrons. The number of carbonyl (C=O) groups excluding carboxylic acids is 1. The molecule has 0 bridgehead atoms. The van der Waals surface area contributed by atoms with E-state index in [1.165, 1.54) is 0 Å². The van der Waals surface area contributed by atoms with Gasteiger partial charge in [0.25, 0.3) is 0 Å². The van der Waals surface area contributed by atoms with Crippen LogP contribution in [0.15, 0.2) is 60.7 Å². The summed E-state index contributed by atoms with van der Waals surface area (Å²) in [5, 5.41) is 3.28. The highest BCUT2D eigenvalue weighted by atomic mass is 16.5. The zero-order valence-corrected chi connectivity index (χ0v) is 13.2. The van der Waals surface area contributed by atoms with E-state index >= 15 is 0 Å². The average molecular weight is 297 g/mol. The lowest BCUT2D eigenvalue weighted by Crippen LogP contribution is -2.47. The first-order valence-corrected chi connectivity index (χ1v) is 7.74. The highest BCUT2D eigenvalue weighted by molar-refractivity contribution is 6.03. The molecule has 1 atom stereocenters. The molecule has 0 aliphatic heterocycles. The van der Waals surface area contributed by atoms with Crippen molar-refractivity contribution in [1.82, 2.24) is 5.32 Å². The minimum absolute atomic E-state index is 0.0119. The summed E-state index contributed by atoms with van der Waals surface area (Å²) in [6, 6.07) is 19.1. The van der Waals surface area contributed by atoms with E-state index in [2.05, 4.69) is 5.32 Å². The van der Waals surface area contributed by atoms with Crippen LogP contribution in [0.2, 0.25) is 0 Å². The van der Waals surface area contributed by atoms with Gasteiger partial charge in [-0.2, -0.15) is 0 Å². The molecule has 0 saturated carbocycles. The molecule has 0 aromatic heterocycles. The number of hydrogen-bond donors (Lipinski definition) is 1. The van der Waals surface area contributed by atoms with Crippen LogP contribution >= 0.6 is 0 Å². The highest BCUT2D eigenvalue weighted by Gasteiger charge is 2.41. The van der Waals surface area contributed by atoms with Gasteiger partial charge in [-0.05, 0) is 19.0 Å².